The van der Waals surface area contributed by atoms with Crippen molar-refractivity contribution in [2.45, 2.75) is 32.8 Å². The summed E-state index contributed by atoms with van der Waals surface area (Å²) in [5.41, 5.74) is 0. The van der Waals surface area contributed by atoms with Crippen molar-refractivity contribution in [3.8, 4) is 0 Å². The maximum absolute atomic E-state index is 5.17. The van der Waals surface area contributed by atoms with E-state index in [1.807, 2.05) is 0 Å². The Labute approximate surface area is 52.0 Å². The molecule has 0 saturated carbocycles. The molecule has 1 nitrogen and oxygen atoms in total. The number of ether oxygens (including phenoxy) is 1. The molecule has 0 N–H and O–H groups in total. The Morgan fingerprint density at radius 1 is 1.62 bits per heavy atom. The van der Waals surface area contributed by atoms with Crippen LogP contribution in [0.4, 0.5) is 0 Å². The summed E-state index contributed by atoms with van der Waals surface area (Å²) in [6.45, 7) is 8.42. The fourth-order valence-corrected chi connectivity index (χ4v) is 0.691. The highest BCUT2D eigenvalue weighted by atomic mass is 16.5. The molecule has 0 aromatic heterocycles. The van der Waals surface area contributed by atoms with Crippen LogP contribution in [0.1, 0.15) is 26.7 Å². The van der Waals surface area contributed by atoms with E-state index in [-0.39, 0.29) is 0 Å². The van der Waals surface area contributed by atoms with Gasteiger partial charge in [-0.1, -0.05) is 13.3 Å². The molecule has 0 aliphatic heterocycles. The largest absolute Gasteiger partial charge is 0.337 e. The van der Waals surface area contributed by atoms with Gasteiger partial charge in [0.2, 0.25) is 0 Å². The average Bonchev–Trinajstić information content (AvgIpc) is 1.68. The summed E-state index contributed by atoms with van der Waals surface area (Å²) in [6.07, 6.45) is 2.74. The van der Waals surface area contributed by atoms with E-state index in [0.717, 1.165) is 6.42 Å². The predicted molar refractivity (Wildman–Crippen MR) is 35.7 cm³/mol. The second-order valence-corrected chi connectivity index (χ2v) is 1.97. The van der Waals surface area contributed by atoms with E-state index in [9.17, 15) is 0 Å². The third-order valence-electron chi connectivity index (χ3n) is 1.10. The molecule has 0 spiro atoms. The first-order valence-corrected chi connectivity index (χ1v) is 3.22. The summed E-state index contributed by atoms with van der Waals surface area (Å²) in [4.78, 5) is 0. The lowest BCUT2D eigenvalue weighted by Gasteiger charge is -2.05. The lowest BCUT2D eigenvalue weighted by Crippen LogP contribution is -2.06. The van der Waals surface area contributed by atoms with E-state index >= 15 is 0 Å². The minimum Gasteiger partial charge on any atom is -0.337 e. The average molecular weight is 115 g/mol. The van der Waals surface area contributed by atoms with Gasteiger partial charge in [0.25, 0.3) is 0 Å². The van der Waals surface area contributed by atoms with E-state index in [1.54, 1.807) is 0 Å². The van der Waals surface area contributed by atoms with Gasteiger partial charge in [-0.25, -0.2) is 0 Å². The van der Waals surface area contributed by atoms with Gasteiger partial charge in [0.1, 0.15) is 0 Å². The molecule has 1 unspecified atom stereocenters. The SMILES string of the molecule is [CH2+]COC(C)CCC. The molecule has 0 amide bonds. The van der Waals surface area contributed by atoms with Gasteiger partial charge >= 0.3 is 0 Å². The lowest BCUT2D eigenvalue weighted by molar-refractivity contribution is 0.0803. The van der Waals surface area contributed by atoms with Gasteiger partial charge < -0.3 is 4.74 Å². The van der Waals surface area contributed by atoms with E-state index < -0.39 is 0 Å². The normalized spacial score (nSPS) is 13.8. The van der Waals surface area contributed by atoms with Crippen LogP contribution < -0.4 is 0 Å². The van der Waals surface area contributed by atoms with Crippen molar-refractivity contribution in [2.24, 2.45) is 0 Å². The van der Waals surface area contributed by atoms with Crippen LogP contribution in [-0.2, 0) is 4.74 Å². The molecule has 0 aliphatic rings. The highest BCUT2D eigenvalue weighted by Gasteiger charge is 1.97. The highest BCUT2D eigenvalue weighted by molar-refractivity contribution is 4.47. The topological polar surface area (TPSA) is 9.23 Å². The second kappa shape index (κ2) is 4.98. The van der Waals surface area contributed by atoms with Crippen LogP contribution in [-0.4, -0.2) is 12.7 Å². The predicted octanol–water partition coefficient (Wildman–Crippen LogP) is 2.03. The lowest BCUT2D eigenvalue weighted by atomic mass is 10.2. The molecule has 0 radical (unpaired) electrons. The Morgan fingerprint density at radius 2 is 2.25 bits per heavy atom. The summed E-state index contributed by atoms with van der Waals surface area (Å²) in [5.74, 6) is 0. The number of hydrogen-bond acceptors (Lipinski definition) is 1. The van der Waals surface area contributed by atoms with Crippen molar-refractivity contribution in [3.63, 3.8) is 0 Å². The summed E-state index contributed by atoms with van der Waals surface area (Å²) in [6, 6.07) is 0. The zero-order valence-electron chi connectivity index (χ0n) is 5.81. The smallest absolute Gasteiger partial charge is 0.184 e. The molecule has 0 aromatic rings. The van der Waals surface area contributed by atoms with Crippen molar-refractivity contribution in [1.29, 1.82) is 0 Å². The Morgan fingerprint density at radius 3 is 2.62 bits per heavy atom. The first kappa shape index (κ1) is 7.83. The van der Waals surface area contributed by atoms with Gasteiger partial charge in [-0.15, -0.1) is 0 Å². The zero-order chi connectivity index (χ0) is 6.41. The Kier molecular flexibility index (Phi) is 4.87. The molecule has 48 valence electrons. The monoisotopic (exact) mass is 115 g/mol. The summed E-state index contributed by atoms with van der Waals surface area (Å²) >= 11 is 0. The van der Waals surface area contributed by atoms with Crippen molar-refractivity contribution >= 4 is 0 Å². The molecule has 0 heterocycles. The Hall–Kier alpha value is -0.170. The molecule has 0 saturated heterocycles. The van der Waals surface area contributed by atoms with Crippen molar-refractivity contribution < 1.29 is 4.74 Å². The van der Waals surface area contributed by atoms with Crippen LogP contribution in [0.3, 0.4) is 0 Å². The highest BCUT2D eigenvalue weighted by Crippen LogP contribution is 1.98. The van der Waals surface area contributed by atoms with E-state index in [2.05, 4.69) is 20.8 Å². The summed E-state index contributed by atoms with van der Waals surface area (Å²) in [5, 5.41) is 0. The number of hydrogen-bond donors (Lipinski definition) is 0. The van der Waals surface area contributed by atoms with Gasteiger partial charge in [-0.3, -0.25) is 0 Å². The fraction of sp³-hybridized carbons (Fsp3) is 0.857. The quantitative estimate of drug-likeness (QED) is 0.509. The Balaban J connectivity index is 2.92. The van der Waals surface area contributed by atoms with Crippen LogP contribution in [0.5, 0.6) is 0 Å². The molecule has 0 bridgehead atoms. The van der Waals surface area contributed by atoms with Gasteiger partial charge in [0.15, 0.2) is 6.61 Å². The first-order chi connectivity index (χ1) is 3.81. The third kappa shape index (κ3) is 4.00. The van der Waals surface area contributed by atoms with Crippen LogP contribution in [0, 0.1) is 6.92 Å². The molecule has 1 heteroatoms. The Bertz CT molecular complexity index is 37.7. The minimum absolute atomic E-state index is 0.400. The third-order valence-corrected chi connectivity index (χ3v) is 1.10. The standard InChI is InChI=1S/C7H15O/c1-4-6-7(3)8-5-2/h7H,2,4-6H2,1,3H3/q+1. The molecule has 0 aliphatic carbocycles. The van der Waals surface area contributed by atoms with E-state index in [4.69, 9.17) is 4.74 Å². The first-order valence-electron chi connectivity index (χ1n) is 3.22. The molecule has 0 rings (SSSR count). The second-order valence-electron chi connectivity index (χ2n) is 1.97. The van der Waals surface area contributed by atoms with Crippen molar-refractivity contribution in [3.05, 3.63) is 6.92 Å². The molecular formula is C7H15O+. The van der Waals surface area contributed by atoms with Crippen LogP contribution in [0.15, 0.2) is 0 Å². The zero-order valence-corrected chi connectivity index (χ0v) is 5.81. The molecular weight excluding hydrogens is 100 g/mol. The molecule has 1 atom stereocenters. The van der Waals surface area contributed by atoms with Crippen molar-refractivity contribution in [1.82, 2.24) is 0 Å². The van der Waals surface area contributed by atoms with Crippen LogP contribution in [0.25, 0.3) is 0 Å². The minimum atomic E-state index is 0.400. The van der Waals surface area contributed by atoms with Gasteiger partial charge in [0.05, 0.1) is 13.0 Å². The summed E-state index contributed by atoms with van der Waals surface area (Å²) in [7, 11) is 0. The number of rotatable bonds is 4. The van der Waals surface area contributed by atoms with Crippen LogP contribution in [0.2, 0.25) is 0 Å². The molecule has 0 aromatic carbocycles. The van der Waals surface area contributed by atoms with Crippen molar-refractivity contribution in [2.75, 3.05) is 6.61 Å². The maximum Gasteiger partial charge on any atom is 0.184 e. The molecule has 8 heavy (non-hydrogen) atoms. The van der Waals surface area contributed by atoms with E-state index in [1.165, 1.54) is 6.42 Å². The molecule has 0 fully saturated rings. The van der Waals surface area contributed by atoms with Crippen LogP contribution >= 0.6 is 0 Å². The summed E-state index contributed by atoms with van der Waals surface area (Å²) < 4.78 is 5.17. The van der Waals surface area contributed by atoms with Gasteiger partial charge in [-0.05, 0) is 13.3 Å². The fourth-order valence-electron chi connectivity index (χ4n) is 0.691. The van der Waals surface area contributed by atoms with Gasteiger partial charge in [-0.2, -0.15) is 0 Å². The van der Waals surface area contributed by atoms with Gasteiger partial charge in [0, 0.05) is 0 Å². The maximum atomic E-state index is 5.17. The van der Waals surface area contributed by atoms with E-state index in [0.29, 0.717) is 12.7 Å².